The molecule has 2 N–H and O–H groups in total. The summed E-state index contributed by atoms with van der Waals surface area (Å²) in [7, 11) is -1.90. The topological polar surface area (TPSA) is 98.9 Å². The predicted octanol–water partition coefficient (Wildman–Crippen LogP) is 1.82. The molecule has 0 radical (unpaired) electrons. The van der Waals surface area contributed by atoms with Gasteiger partial charge in [-0.15, -0.1) is 0 Å². The summed E-state index contributed by atoms with van der Waals surface area (Å²) >= 11 is 0. The highest BCUT2D eigenvalue weighted by atomic mass is 32.2. The summed E-state index contributed by atoms with van der Waals surface area (Å²) in [5, 5.41) is 7.13. The molecule has 1 aliphatic rings. The van der Waals surface area contributed by atoms with E-state index in [0.29, 0.717) is 19.7 Å². The van der Waals surface area contributed by atoms with E-state index in [1.165, 1.54) is 0 Å². The maximum atomic E-state index is 12.4. The van der Waals surface area contributed by atoms with Gasteiger partial charge in [-0.3, -0.25) is 4.79 Å². The number of carbonyl (C=O) groups is 1. The molecule has 8 heteroatoms. The molecule has 1 atom stereocenters. The van der Waals surface area contributed by atoms with E-state index in [-0.39, 0.29) is 30.6 Å². The lowest BCUT2D eigenvalue weighted by molar-refractivity contribution is -0.139. The molecule has 1 fully saturated rings. The zero-order valence-electron chi connectivity index (χ0n) is 15.3. The van der Waals surface area contributed by atoms with Gasteiger partial charge in [0, 0.05) is 13.0 Å². The second-order valence-corrected chi connectivity index (χ2v) is 8.38. The molecule has 0 spiro atoms. The van der Waals surface area contributed by atoms with Gasteiger partial charge in [-0.2, -0.15) is 0 Å². The van der Waals surface area contributed by atoms with Gasteiger partial charge in [-0.05, 0) is 41.0 Å². The number of nitrogens with zero attached hydrogens (tertiary/aromatic N) is 1. The van der Waals surface area contributed by atoms with Gasteiger partial charge in [0.2, 0.25) is 15.9 Å². The maximum absolute atomic E-state index is 12.4. The van der Waals surface area contributed by atoms with E-state index in [9.17, 15) is 13.2 Å². The molecule has 1 amide bonds. The largest absolute Gasteiger partial charge is 0.497 e. The fourth-order valence-electron chi connectivity index (χ4n) is 3.23. The minimum atomic E-state index is -3.53. The fourth-order valence-corrected chi connectivity index (χ4v) is 3.78. The summed E-state index contributed by atoms with van der Waals surface area (Å²) < 4.78 is 33.1. The standard InChI is InChI=1S/C19H24N2O5S/c1-25-17-7-6-14-11-16(5-4-15(14)12-17)18-13-21(8-9-26-18)19(22)3-2-10-27(20,23)24/h4-7,11-12,18H,2-3,8-10,13H2,1H3,(H2,20,23,24)/t18-/m0/s1. The highest BCUT2D eigenvalue weighted by molar-refractivity contribution is 7.89. The molecule has 7 nitrogen and oxygen atoms in total. The second kappa shape index (κ2) is 8.24. The van der Waals surface area contributed by atoms with E-state index in [1.54, 1.807) is 12.0 Å². The predicted molar refractivity (Wildman–Crippen MR) is 103 cm³/mol. The van der Waals surface area contributed by atoms with Crippen molar-refractivity contribution < 1.29 is 22.7 Å². The van der Waals surface area contributed by atoms with Crippen LogP contribution in [-0.4, -0.2) is 51.8 Å². The van der Waals surface area contributed by atoms with Crippen molar-refractivity contribution in [1.29, 1.82) is 0 Å². The number of nitrogens with two attached hydrogens (primary N) is 1. The van der Waals surface area contributed by atoms with Crippen LogP contribution in [0.15, 0.2) is 36.4 Å². The molecule has 146 valence electrons. The van der Waals surface area contributed by atoms with Crippen LogP contribution in [0.3, 0.4) is 0 Å². The lowest BCUT2D eigenvalue weighted by atomic mass is 10.0. The van der Waals surface area contributed by atoms with Crippen LogP contribution in [0.25, 0.3) is 10.8 Å². The number of methoxy groups -OCH3 is 1. The van der Waals surface area contributed by atoms with Gasteiger partial charge in [0.15, 0.2) is 0 Å². The van der Waals surface area contributed by atoms with Crippen LogP contribution in [0, 0.1) is 0 Å². The number of benzene rings is 2. The van der Waals surface area contributed by atoms with E-state index >= 15 is 0 Å². The number of sulfonamides is 1. The van der Waals surface area contributed by atoms with Gasteiger partial charge in [0.1, 0.15) is 11.9 Å². The van der Waals surface area contributed by atoms with Crippen molar-refractivity contribution in [3.8, 4) is 5.75 Å². The molecule has 0 unspecified atom stereocenters. The van der Waals surface area contributed by atoms with Crippen LogP contribution in [0.1, 0.15) is 24.5 Å². The summed E-state index contributed by atoms with van der Waals surface area (Å²) in [6, 6.07) is 12.0. The second-order valence-electron chi connectivity index (χ2n) is 6.64. The smallest absolute Gasteiger partial charge is 0.222 e. The number of carbonyl (C=O) groups excluding carboxylic acids is 1. The molecule has 0 aromatic heterocycles. The van der Waals surface area contributed by atoms with E-state index in [0.717, 1.165) is 22.1 Å². The van der Waals surface area contributed by atoms with Crippen molar-refractivity contribution >= 4 is 26.7 Å². The molecule has 1 saturated heterocycles. The van der Waals surface area contributed by atoms with Crippen molar-refractivity contribution in [1.82, 2.24) is 4.90 Å². The molecule has 2 aromatic rings. The van der Waals surface area contributed by atoms with Crippen LogP contribution in [0.5, 0.6) is 5.75 Å². The third-order valence-corrected chi connectivity index (χ3v) is 5.54. The molecule has 2 aromatic carbocycles. The molecular weight excluding hydrogens is 368 g/mol. The van der Waals surface area contributed by atoms with E-state index < -0.39 is 10.0 Å². The number of hydrogen-bond donors (Lipinski definition) is 1. The van der Waals surface area contributed by atoms with Crippen LogP contribution in [0.4, 0.5) is 0 Å². The average Bonchev–Trinajstić information content (AvgIpc) is 2.66. The van der Waals surface area contributed by atoms with Crippen LogP contribution < -0.4 is 9.88 Å². The van der Waals surface area contributed by atoms with Crippen LogP contribution in [-0.2, 0) is 19.6 Å². The Hall–Kier alpha value is -2.16. The number of morpholine rings is 1. The first-order valence-corrected chi connectivity index (χ1v) is 10.5. The third kappa shape index (κ3) is 5.18. The minimum absolute atomic E-state index is 0.0718. The summed E-state index contributed by atoms with van der Waals surface area (Å²) in [6.07, 6.45) is 0.200. The molecule has 3 rings (SSSR count). The molecular formula is C19H24N2O5S. The number of ether oxygens (including phenoxy) is 2. The number of rotatable bonds is 6. The summed E-state index contributed by atoms with van der Waals surface area (Å²) in [4.78, 5) is 14.1. The Morgan fingerprint density at radius 1 is 1.26 bits per heavy atom. The van der Waals surface area contributed by atoms with Gasteiger partial charge in [-0.25, -0.2) is 13.6 Å². The fraction of sp³-hybridized carbons (Fsp3) is 0.421. The maximum Gasteiger partial charge on any atom is 0.222 e. The van der Waals surface area contributed by atoms with Gasteiger partial charge < -0.3 is 14.4 Å². The number of hydrogen-bond acceptors (Lipinski definition) is 5. The van der Waals surface area contributed by atoms with Crippen molar-refractivity contribution in [2.45, 2.75) is 18.9 Å². The molecule has 0 bridgehead atoms. The Balaban J connectivity index is 1.66. The van der Waals surface area contributed by atoms with E-state index in [1.807, 2.05) is 30.3 Å². The first kappa shape index (κ1) is 19.6. The number of fused-ring (bicyclic) bond motifs is 1. The van der Waals surface area contributed by atoms with Crippen molar-refractivity contribution in [2.24, 2.45) is 5.14 Å². The van der Waals surface area contributed by atoms with Crippen molar-refractivity contribution in [2.75, 3.05) is 32.6 Å². The van der Waals surface area contributed by atoms with E-state index in [4.69, 9.17) is 14.6 Å². The highest BCUT2D eigenvalue weighted by Crippen LogP contribution is 2.28. The monoisotopic (exact) mass is 392 g/mol. The third-order valence-electron chi connectivity index (χ3n) is 4.68. The SMILES string of the molecule is COc1ccc2cc([C@@H]3CN(C(=O)CCCS(N)(=O)=O)CCO3)ccc2c1. The Morgan fingerprint density at radius 2 is 2.00 bits per heavy atom. The van der Waals surface area contributed by atoms with Crippen molar-refractivity contribution in [3.05, 3.63) is 42.0 Å². The Kier molecular flexibility index (Phi) is 5.98. The normalized spacial score (nSPS) is 17.9. The van der Waals surface area contributed by atoms with Crippen molar-refractivity contribution in [3.63, 3.8) is 0 Å². The molecule has 0 saturated carbocycles. The molecule has 0 aliphatic carbocycles. The minimum Gasteiger partial charge on any atom is -0.497 e. The molecule has 1 heterocycles. The number of amides is 1. The van der Waals surface area contributed by atoms with Gasteiger partial charge in [0.25, 0.3) is 0 Å². The first-order chi connectivity index (χ1) is 12.9. The zero-order chi connectivity index (χ0) is 19.4. The Morgan fingerprint density at radius 3 is 2.74 bits per heavy atom. The zero-order valence-corrected chi connectivity index (χ0v) is 16.1. The Bertz CT molecular complexity index is 929. The number of primary sulfonamides is 1. The summed E-state index contributed by atoms with van der Waals surface area (Å²) in [5.41, 5.74) is 1.01. The lowest BCUT2D eigenvalue weighted by Gasteiger charge is -2.33. The molecule has 27 heavy (non-hydrogen) atoms. The van der Waals surface area contributed by atoms with Gasteiger partial charge in [-0.1, -0.05) is 18.2 Å². The van der Waals surface area contributed by atoms with Crippen LogP contribution in [0.2, 0.25) is 0 Å². The van der Waals surface area contributed by atoms with Gasteiger partial charge >= 0.3 is 0 Å². The summed E-state index contributed by atoms with van der Waals surface area (Å²) in [6.45, 7) is 1.41. The van der Waals surface area contributed by atoms with Crippen LogP contribution >= 0.6 is 0 Å². The highest BCUT2D eigenvalue weighted by Gasteiger charge is 2.25. The first-order valence-electron chi connectivity index (χ1n) is 8.83. The summed E-state index contributed by atoms with van der Waals surface area (Å²) in [5.74, 6) is 0.554. The average molecular weight is 392 g/mol. The quantitative estimate of drug-likeness (QED) is 0.808. The Labute approximate surface area is 159 Å². The lowest BCUT2D eigenvalue weighted by Crippen LogP contribution is -2.42. The van der Waals surface area contributed by atoms with Gasteiger partial charge in [0.05, 0.1) is 26.0 Å². The van der Waals surface area contributed by atoms with E-state index in [2.05, 4.69) is 6.07 Å². The molecule has 1 aliphatic heterocycles.